The van der Waals surface area contributed by atoms with E-state index >= 15 is 0 Å². The van der Waals surface area contributed by atoms with Crippen LogP contribution < -0.4 is 0 Å². The molecular weight excluding hydrogens is 406 g/mol. The third kappa shape index (κ3) is 2.69. The molecule has 0 unspecified atom stereocenters. The van der Waals surface area contributed by atoms with E-state index in [1.807, 2.05) is 18.2 Å². The molecule has 0 bridgehead atoms. The number of Topliss-reactive ketones (excluding diaryl/α,β-unsaturated/α-hetero) is 3. The second kappa shape index (κ2) is 7.34. The van der Waals surface area contributed by atoms with Gasteiger partial charge in [0.15, 0.2) is 11.6 Å². The van der Waals surface area contributed by atoms with Crippen molar-refractivity contribution in [2.75, 3.05) is 0 Å². The summed E-state index contributed by atoms with van der Waals surface area (Å²) < 4.78 is 0. The Labute approximate surface area is 184 Å². The first-order valence-electron chi connectivity index (χ1n) is 10.4. The van der Waals surface area contributed by atoms with Crippen LogP contribution in [0.2, 0.25) is 0 Å². The summed E-state index contributed by atoms with van der Waals surface area (Å²) in [5.74, 6) is -2.47. The third-order valence-corrected chi connectivity index (χ3v) is 6.84. The molecule has 0 amide bonds. The smallest absolute Gasteiger partial charge is 0.272 e. The average molecular weight is 425 g/mol. The highest BCUT2D eigenvalue weighted by Gasteiger charge is 2.65. The summed E-state index contributed by atoms with van der Waals surface area (Å²) in [5.41, 5.74) is -0.201. The number of carbonyl (C=O) groups is 3. The number of para-hydroxylation sites is 1. The van der Waals surface area contributed by atoms with Gasteiger partial charge in [0.2, 0.25) is 0 Å². The second-order valence-electron chi connectivity index (χ2n) is 8.35. The molecule has 0 aromatic heterocycles. The molecule has 32 heavy (non-hydrogen) atoms. The van der Waals surface area contributed by atoms with Gasteiger partial charge >= 0.3 is 0 Å². The van der Waals surface area contributed by atoms with Crippen molar-refractivity contribution in [3.63, 3.8) is 0 Å². The van der Waals surface area contributed by atoms with Crippen LogP contribution in [0, 0.1) is 15.5 Å². The molecule has 0 N–H and O–H groups in total. The van der Waals surface area contributed by atoms with Crippen molar-refractivity contribution in [1.82, 2.24) is 0 Å². The van der Waals surface area contributed by atoms with Crippen LogP contribution in [0.4, 0.5) is 5.69 Å². The topological polar surface area (TPSA) is 94.3 Å². The van der Waals surface area contributed by atoms with Crippen LogP contribution in [0.5, 0.6) is 0 Å². The number of hydrogen-bond acceptors (Lipinski definition) is 5. The lowest BCUT2D eigenvalue weighted by Gasteiger charge is -2.44. The summed E-state index contributed by atoms with van der Waals surface area (Å²) >= 11 is 0. The Hall–Kier alpha value is -3.93. The molecule has 3 aromatic rings. The molecule has 2 aliphatic rings. The Morgan fingerprint density at radius 3 is 1.88 bits per heavy atom. The molecule has 158 valence electrons. The van der Waals surface area contributed by atoms with Crippen molar-refractivity contribution in [2.24, 2.45) is 5.41 Å². The van der Waals surface area contributed by atoms with Crippen LogP contribution in [0.3, 0.4) is 0 Å². The maximum absolute atomic E-state index is 14.0. The Balaban J connectivity index is 1.82. The van der Waals surface area contributed by atoms with Gasteiger partial charge in [0.1, 0.15) is 11.2 Å². The Kier molecular flexibility index (Phi) is 4.59. The summed E-state index contributed by atoms with van der Waals surface area (Å²) in [6.45, 7) is 0. The molecule has 2 atom stereocenters. The van der Waals surface area contributed by atoms with E-state index in [0.717, 1.165) is 0 Å². The number of ketones is 3. The van der Waals surface area contributed by atoms with E-state index in [2.05, 4.69) is 0 Å². The number of rotatable bonds is 3. The SMILES string of the molecule is O=C1C[C@H](c2ccccc2[N+](=O)[O-])C2(C(=O)c3ccccc3C2=O)[C@H](c2ccccc2)C1. The van der Waals surface area contributed by atoms with Crippen molar-refractivity contribution < 1.29 is 19.3 Å². The van der Waals surface area contributed by atoms with Gasteiger partial charge in [-0.15, -0.1) is 0 Å². The van der Waals surface area contributed by atoms with E-state index in [9.17, 15) is 24.5 Å². The minimum atomic E-state index is -1.61. The normalized spacial score (nSPS) is 21.6. The molecule has 6 nitrogen and oxygen atoms in total. The lowest BCUT2D eigenvalue weighted by Crippen LogP contribution is -2.49. The molecule has 5 rings (SSSR count). The predicted octanol–water partition coefficient (Wildman–Crippen LogP) is 4.89. The van der Waals surface area contributed by atoms with E-state index in [4.69, 9.17) is 0 Å². The highest BCUT2D eigenvalue weighted by molar-refractivity contribution is 6.31. The summed E-state index contributed by atoms with van der Waals surface area (Å²) in [4.78, 5) is 52.3. The highest BCUT2D eigenvalue weighted by Crippen LogP contribution is 2.60. The maximum atomic E-state index is 14.0. The van der Waals surface area contributed by atoms with Gasteiger partial charge in [-0.3, -0.25) is 24.5 Å². The first-order chi connectivity index (χ1) is 15.5. The van der Waals surface area contributed by atoms with Crippen LogP contribution in [0.25, 0.3) is 0 Å². The summed E-state index contributed by atoms with van der Waals surface area (Å²) in [6.07, 6.45) is -0.0632. The molecule has 0 saturated heterocycles. The van der Waals surface area contributed by atoms with Crippen molar-refractivity contribution in [3.05, 3.63) is 111 Å². The number of benzene rings is 3. The second-order valence-corrected chi connectivity index (χ2v) is 8.35. The third-order valence-electron chi connectivity index (χ3n) is 6.84. The van der Waals surface area contributed by atoms with Gasteiger partial charge < -0.3 is 0 Å². The Morgan fingerprint density at radius 1 is 0.719 bits per heavy atom. The lowest BCUT2D eigenvalue weighted by molar-refractivity contribution is -0.385. The standard InChI is InChI=1S/C26H19NO5/c28-17-14-21(16-8-2-1-3-9-16)26(24(29)18-10-4-5-11-19(18)25(26)30)22(15-17)20-12-6-7-13-23(20)27(31)32/h1-13,21-22H,14-15H2/t21-,22+/m0/s1. The molecular formula is C26H19NO5. The molecule has 3 aromatic carbocycles. The zero-order valence-electron chi connectivity index (χ0n) is 17.1. The van der Waals surface area contributed by atoms with Crippen LogP contribution in [-0.4, -0.2) is 22.3 Å². The zero-order chi connectivity index (χ0) is 22.5. The molecule has 0 heterocycles. The first kappa shape index (κ1) is 20.0. The number of nitro benzene ring substituents is 1. The van der Waals surface area contributed by atoms with Gasteiger partial charge in [0.05, 0.1) is 4.92 Å². The minimum absolute atomic E-state index is 0.0343. The highest BCUT2D eigenvalue weighted by atomic mass is 16.6. The van der Waals surface area contributed by atoms with Crippen molar-refractivity contribution in [3.8, 4) is 0 Å². The van der Waals surface area contributed by atoms with Crippen LogP contribution in [0.1, 0.15) is 56.5 Å². The summed E-state index contributed by atoms with van der Waals surface area (Å²) in [7, 11) is 0. The largest absolute Gasteiger partial charge is 0.300 e. The van der Waals surface area contributed by atoms with Crippen LogP contribution in [-0.2, 0) is 4.79 Å². The Morgan fingerprint density at radius 2 is 1.25 bits per heavy atom. The fourth-order valence-corrected chi connectivity index (χ4v) is 5.53. The fraction of sp³-hybridized carbons (Fsp3) is 0.192. The van der Waals surface area contributed by atoms with Crippen LogP contribution >= 0.6 is 0 Å². The molecule has 6 heteroatoms. The summed E-state index contributed by atoms with van der Waals surface area (Å²) in [5, 5.41) is 11.8. The zero-order valence-corrected chi connectivity index (χ0v) is 17.1. The number of carbonyl (C=O) groups excluding carboxylic acids is 3. The van der Waals surface area contributed by atoms with Crippen LogP contribution in [0.15, 0.2) is 78.9 Å². The quantitative estimate of drug-likeness (QED) is 0.338. The minimum Gasteiger partial charge on any atom is -0.300 e. The van der Waals surface area contributed by atoms with Gasteiger partial charge in [-0.1, -0.05) is 72.8 Å². The van der Waals surface area contributed by atoms with Gasteiger partial charge in [-0.2, -0.15) is 0 Å². The van der Waals surface area contributed by atoms with E-state index in [0.29, 0.717) is 16.7 Å². The number of hydrogen-bond donors (Lipinski definition) is 0. The Bertz CT molecular complexity index is 1250. The number of nitrogens with zero attached hydrogens (tertiary/aromatic N) is 1. The summed E-state index contributed by atoms with van der Waals surface area (Å²) in [6, 6.07) is 21.8. The lowest BCUT2D eigenvalue weighted by atomic mass is 9.53. The van der Waals surface area contributed by atoms with Crippen molar-refractivity contribution >= 4 is 23.0 Å². The first-order valence-corrected chi connectivity index (χ1v) is 10.4. The molecule has 0 radical (unpaired) electrons. The molecule has 1 spiro atoms. The monoisotopic (exact) mass is 425 g/mol. The van der Waals surface area contributed by atoms with E-state index < -0.39 is 22.2 Å². The molecule has 2 aliphatic carbocycles. The average Bonchev–Trinajstić information content (AvgIpc) is 3.04. The maximum Gasteiger partial charge on any atom is 0.272 e. The molecule has 1 fully saturated rings. The van der Waals surface area contributed by atoms with Gasteiger partial charge in [0, 0.05) is 47.4 Å². The molecule has 1 saturated carbocycles. The van der Waals surface area contributed by atoms with Gasteiger partial charge in [-0.25, -0.2) is 0 Å². The number of nitro groups is 1. The van der Waals surface area contributed by atoms with Crippen molar-refractivity contribution in [2.45, 2.75) is 24.7 Å². The van der Waals surface area contributed by atoms with Crippen molar-refractivity contribution in [1.29, 1.82) is 0 Å². The fourth-order valence-electron chi connectivity index (χ4n) is 5.53. The van der Waals surface area contributed by atoms with Gasteiger partial charge in [-0.05, 0) is 5.56 Å². The predicted molar refractivity (Wildman–Crippen MR) is 117 cm³/mol. The van der Waals surface area contributed by atoms with E-state index in [1.165, 1.54) is 6.07 Å². The molecule has 0 aliphatic heterocycles. The van der Waals surface area contributed by atoms with E-state index in [1.54, 1.807) is 54.6 Å². The van der Waals surface area contributed by atoms with E-state index in [-0.39, 0.29) is 41.4 Å². The van der Waals surface area contributed by atoms with Gasteiger partial charge in [0.25, 0.3) is 5.69 Å². The number of fused-ring (bicyclic) bond motifs is 1.